The second-order valence-corrected chi connectivity index (χ2v) is 5.74. The molecule has 4 nitrogen and oxygen atoms in total. The van der Waals surface area contributed by atoms with Crippen molar-refractivity contribution in [3.05, 3.63) is 36.0 Å². The number of anilines is 1. The zero-order valence-electron chi connectivity index (χ0n) is 12.0. The highest BCUT2D eigenvalue weighted by molar-refractivity contribution is 6.04. The third-order valence-electron chi connectivity index (χ3n) is 4.33. The van der Waals surface area contributed by atoms with Gasteiger partial charge in [-0.05, 0) is 18.4 Å². The molecular weight excluding hydrogens is 264 g/mol. The van der Waals surface area contributed by atoms with Gasteiger partial charge < -0.3 is 10.4 Å². The van der Waals surface area contributed by atoms with Crippen LogP contribution in [-0.4, -0.2) is 22.6 Å². The fraction of sp³-hybridized carbons (Fsp3) is 0.412. The molecule has 1 aromatic heterocycles. The zero-order chi connectivity index (χ0) is 14.7. The van der Waals surface area contributed by atoms with Gasteiger partial charge in [0.05, 0.1) is 11.2 Å². The Bertz CT molecular complexity index is 648. The molecule has 1 aliphatic carbocycles. The number of aromatic carboxylic acids is 1. The Morgan fingerprint density at radius 3 is 2.81 bits per heavy atom. The number of aromatic nitrogens is 1. The van der Waals surface area contributed by atoms with Crippen molar-refractivity contribution in [2.45, 2.75) is 32.1 Å². The first-order valence-electron chi connectivity index (χ1n) is 7.60. The number of fused-ring (bicyclic) bond motifs is 1. The molecule has 0 bridgehead atoms. The standard InChI is InChI=1S/C17H20N2O2/c20-17(21)14-11-19-15-8-4-3-7-13(15)16(14)18-10-9-12-5-1-2-6-12/h3-4,7-8,11-12H,1-2,5-6,9-10H2,(H,18,19)(H,20,21). The van der Waals surface area contributed by atoms with Gasteiger partial charge in [-0.2, -0.15) is 0 Å². The summed E-state index contributed by atoms with van der Waals surface area (Å²) in [6, 6.07) is 7.66. The summed E-state index contributed by atoms with van der Waals surface area (Å²) < 4.78 is 0. The van der Waals surface area contributed by atoms with Crippen molar-refractivity contribution in [1.82, 2.24) is 4.98 Å². The third-order valence-corrected chi connectivity index (χ3v) is 4.33. The molecule has 1 saturated carbocycles. The molecule has 0 saturated heterocycles. The first-order chi connectivity index (χ1) is 10.3. The average Bonchev–Trinajstić information content (AvgIpc) is 3.00. The maximum Gasteiger partial charge on any atom is 0.339 e. The van der Waals surface area contributed by atoms with Crippen LogP contribution < -0.4 is 5.32 Å². The first kappa shape index (κ1) is 13.9. The highest BCUT2D eigenvalue weighted by Gasteiger charge is 2.17. The predicted molar refractivity (Wildman–Crippen MR) is 83.8 cm³/mol. The first-order valence-corrected chi connectivity index (χ1v) is 7.60. The Kier molecular flexibility index (Phi) is 4.04. The van der Waals surface area contributed by atoms with E-state index in [1.54, 1.807) is 0 Å². The normalized spacial score (nSPS) is 15.4. The summed E-state index contributed by atoms with van der Waals surface area (Å²) >= 11 is 0. The van der Waals surface area contributed by atoms with E-state index < -0.39 is 5.97 Å². The molecule has 0 atom stereocenters. The molecule has 3 rings (SSSR count). The largest absolute Gasteiger partial charge is 0.478 e. The molecule has 4 heteroatoms. The van der Waals surface area contributed by atoms with Gasteiger partial charge in [0.2, 0.25) is 0 Å². The minimum absolute atomic E-state index is 0.250. The molecule has 0 unspecified atom stereocenters. The number of para-hydroxylation sites is 1. The van der Waals surface area contributed by atoms with E-state index in [2.05, 4.69) is 10.3 Å². The Morgan fingerprint density at radius 2 is 2.05 bits per heavy atom. The molecule has 0 amide bonds. The zero-order valence-corrected chi connectivity index (χ0v) is 12.0. The highest BCUT2D eigenvalue weighted by atomic mass is 16.4. The van der Waals surface area contributed by atoms with Crippen LogP contribution in [0.3, 0.4) is 0 Å². The fourth-order valence-electron chi connectivity index (χ4n) is 3.19. The molecular formula is C17H20N2O2. The van der Waals surface area contributed by atoms with E-state index in [4.69, 9.17) is 0 Å². The third kappa shape index (κ3) is 2.99. The highest BCUT2D eigenvalue weighted by Crippen LogP contribution is 2.29. The van der Waals surface area contributed by atoms with Crippen molar-refractivity contribution in [3.63, 3.8) is 0 Å². The number of hydrogen-bond acceptors (Lipinski definition) is 3. The van der Waals surface area contributed by atoms with E-state index in [9.17, 15) is 9.90 Å². The molecule has 2 N–H and O–H groups in total. The van der Waals surface area contributed by atoms with Gasteiger partial charge in [0, 0.05) is 18.1 Å². The predicted octanol–water partition coefficient (Wildman–Crippen LogP) is 3.93. The molecule has 0 radical (unpaired) electrons. The minimum atomic E-state index is -0.934. The summed E-state index contributed by atoms with van der Waals surface area (Å²) in [5.41, 5.74) is 1.78. The molecule has 0 aliphatic heterocycles. The number of nitrogens with one attached hydrogen (secondary N) is 1. The molecule has 1 aliphatic rings. The maximum absolute atomic E-state index is 11.4. The number of carboxylic acid groups (broad SMARTS) is 1. The molecule has 1 fully saturated rings. The van der Waals surface area contributed by atoms with Crippen molar-refractivity contribution < 1.29 is 9.90 Å². The van der Waals surface area contributed by atoms with Gasteiger partial charge >= 0.3 is 5.97 Å². The number of nitrogens with zero attached hydrogens (tertiary/aromatic N) is 1. The summed E-state index contributed by atoms with van der Waals surface area (Å²) in [7, 11) is 0. The topological polar surface area (TPSA) is 62.2 Å². The molecule has 0 spiro atoms. The Balaban J connectivity index is 1.83. The summed E-state index contributed by atoms with van der Waals surface area (Å²) in [4.78, 5) is 15.6. The lowest BCUT2D eigenvalue weighted by Crippen LogP contribution is -2.11. The van der Waals surface area contributed by atoms with Gasteiger partial charge in [-0.25, -0.2) is 4.79 Å². The lowest BCUT2D eigenvalue weighted by Gasteiger charge is -2.14. The van der Waals surface area contributed by atoms with E-state index >= 15 is 0 Å². The summed E-state index contributed by atoms with van der Waals surface area (Å²) in [6.45, 7) is 0.818. The second-order valence-electron chi connectivity index (χ2n) is 5.74. The second kappa shape index (κ2) is 6.12. The van der Waals surface area contributed by atoms with Crippen molar-refractivity contribution >= 4 is 22.6 Å². The fourth-order valence-corrected chi connectivity index (χ4v) is 3.19. The SMILES string of the molecule is O=C(O)c1cnc2ccccc2c1NCCC1CCCC1. The van der Waals surface area contributed by atoms with E-state index in [0.717, 1.165) is 29.8 Å². The Labute approximate surface area is 124 Å². The van der Waals surface area contributed by atoms with Crippen LogP contribution in [0.1, 0.15) is 42.5 Å². The molecule has 1 heterocycles. The van der Waals surface area contributed by atoms with Gasteiger partial charge in [-0.15, -0.1) is 0 Å². The Morgan fingerprint density at radius 1 is 1.29 bits per heavy atom. The molecule has 1 aromatic carbocycles. The van der Waals surface area contributed by atoms with Crippen LogP contribution in [0.2, 0.25) is 0 Å². The van der Waals surface area contributed by atoms with Crippen molar-refractivity contribution in [2.75, 3.05) is 11.9 Å². The molecule has 21 heavy (non-hydrogen) atoms. The van der Waals surface area contributed by atoms with Gasteiger partial charge in [-0.1, -0.05) is 43.9 Å². The minimum Gasteiger partial charge on any atom is -0.478 e. The number of carbonyl (C=O) groups is 1. The van der Waals surface area contributed by atoms with Gasteiger partial charge in [-0.3, -0.25) is 4.98 Å². The number of rotatable bonds is 5. The quantitative estimate of drug-likeness (QED) is 0.873. The molecule has 110 valence electrons. The summed E-state index contributed by atoms with van der Waals surface area (Å²) in [5.74, 6) is -0.143. The smallest absolute Gasteiger partial charge is 0.339 e. The summed E-state index contributed by atoms with van der Waals surface area (Å²) in [6.07, 6.45) is 7.85. The maximum atomic E-state index is 11.4. The summed E-state index contributed by atoms with van der Waals surface area (Å²) in [5, 5.41) is 13.6. The van der Waals surface area contributed by atoms with Crippen LogP contribution in [0.15, 0.2) is 30.5 Å². The van der Waals surface area contributed by atoms with E-state index in [0.29, 0.717) is 5.69 Å². The van der Waals surface area contributed by atoms with Crippen LogP contribution in [-0.2, 0) is 0 Å². The van der Waals surface area contributed by atoms with Crippen LogP contribution >= 0.6 is 0 Å². The monoisotopic (exact) mass is 284 g/mol. The van der Waals surface area contributed by atoms with Gasteiger partial charge in [0.15, 0.2) is 0 Å². The van der Waals surface area contributed by atoms with Crippen LogP contribution in [0.5, 0.6) is 0 Å². The lowest BCUT2D eigenvalue weighted by molar-refractivity contribution is 0.0697. The van der Waals surface area contributed by atoms with E-state index in [-0.39, 0.29) is 5.56 Å². The van der Waals surface area contributed by atoms with Crippen molar-refractivity contribution in [1.29, 1.82) is 0 Å². The number of hydrogen-bond donors (Lipinski definition) is 2. The lowest BCUT2D eigenvalue weighted by atomic mass is 10.0. The van der Waals surface area contributed by atoms with E-state index in [1.165, 1.54) is 31.9 Å². The van der Waals surface area contributed by atoms with E-state index in [1.807, 2.05) is 24.3 Å². The molecule has 2 aromatic rings. The van der Waals surface area contributed by atoms with Crippen molar-refractivity contribution in [2.24, 2.45) is 5.92 Å². The van der Waals surface area contributed by atoms with Crippen LogP contribution in [0.25, 0.3) is 10.9 Å². The average molecular weight is 284 g/mol. The number of carboxylic acids is 1. The van der Waals surface area contributed by atoms with Crippen LogP contribution in [0.4, 0.5) is 5.69 Å². The number of pyridine rings is 1. The Hall–Kier alpha value is -2.10. The van der Waals surface area contributed by atoms with Gasteiger partial charge in [0.1, 0.15) is 5.56 Å². The number of benzene rings is 1. The van der Waals surface area contributed by atoms with Crippen molar-refractivity contribution in [3.8, 4) is 0 Å². The van der Waals surface area contributed by atoms with Crippen LogP contribution in [0, 0.1) is 5.92 Å². The van der Waals surface area contributed by atoms with Gasteiger partial charge in [0.25, 0.3) is 0 Å².